The Morgan fingerprint density at radius 1 is 1.50 bits per heavy atom. The molecule has 0 heterocycles. The minimum absolute atomic E-state index is 0. The molecule has 0 saturated heterocycles. The molecule has 8 heavy (non-hydrogen) atoms. The third-order valence-electron chi connectivity index (χ3n) is 0.462. The molecule has 0 aromatic carbocycles. The van der Waals surface area contributed by atoms with Crippen molar-refractivity contribution >= 4 is 10.1 Å². The molecule has 0 atom stereocenters. The zero-order valence-electron chi connectivity index (χ0n) is 4.79. The summed E-state index contributed by atoms with van der Waals surface area (Å²) in [7, 11) is -3.67. The summed E-state index contributed by atoms with van der Waals surface area (Å²) in [5, 5.41) is 0. The summed E-state index contributed by atoms with van der Waals surface area (Å²) in [6.45, 7) is 1.69. The quantitative estimate of drug-likeness (QED) is 0.586. The van der Waals surface area contributed by atoms with Gasteiger partial charge < -0.3 is 0 Å². The van der Waals surface area contributed by atoms with E-state index in [0.717, 1.165) is 0 Å². The Kier molecular flexibility index (Phi) is 6.82. The maximum atomic E-state index is 9.79. The van der Waals surface area contributed by atoms with Gasteiger partial charge in [-0.3, -0.25) is 4.55 Å². The van der Waals surface area contributed by atoms with Crippen LogP contribution >= 0.6 is 0 Å². The zero-order valence-corrected chi connectivity index (χ0v) is 11.1. The second kappa shape index (κ2) is 4.70. The first-order chi connectivity index (χ1) is 3.06. The van der Waals surface area contributed by atoms with Crippen molar-refractivity contribution in [3.63, 3.8) is 0 Å². The van der Waals surface area contributed by atoms with Gasteiger partial charge in [-0.2, -0.15) is 8.42 Å². The second-order valence-corrected chi connectivity index (χ2v) is 2.86. The van der Waals surface area contributed by atoms with Crippen LogP contribution in [0.25, 0.3) is 0 Å². The molecule has 0 aliphatic carbocycles. The maximum Gasteiger partial charge on any atom is 0.264 e. The molecule has 0 aromatic heterocycles. The number of hydrogen-bond donors (Lipinski definition) is 1. The van der Waals surface area contributed by atoms with Crippen LogP contribution in [0.4, 0.5) is 0 Å². The van der Waals surface area contributed by atoms with E-state index in [2.05, 4.69) is 0 Å². The zero-order chi connectivity index (χ0) is 5.91. The van der Waals surface area contributed by atoms with E-state index in [1.165, 1.54) is 0 Å². The second-order valence-electron chi connectivity index (χ2n) is 1.29. The van der Waals surface area contributed by atoms with Gasteiger partial charge in [-0.25, -0.2) is 0 Å². The van der Waals surface area contributed by atoms with Crippen LogP contribution in [0.2, 0.25) is 0 Å². The Morgan fingerprint density at radius 2 is 1.88 bits per heavy atom. The number of rotatable bonds is 2. The van der Waals surface area contributed by atoms with E-state index in [9.17, 15) is 8.42 Å². The van der Waals surface area contributed by atoms with Gasteiger partial charge >= 0.3 is 0 Å². The predicted molar refractivity (Wildman–Crippen MR) is 26.7 cm³/mol. The summed E-state index contributed by atoms with van der Waals surface area (Å²) < 4.78 is 27.6. The Balaban J connectivity index is 0. The first kappa shape index (κ1) is 11.6. The fraction of sp³-hybridized carbons (Fsp3) is 1.00. The van der Waals surface area contributed by atoms with E-state index in [-0.39, 0.29) is 33.4 Å². The van der Waals surface area contributed by atoms with Crippen LogP contribution in [0, 0.1) is 0 Å². The molecule has 0 saturated carbocycles. The molecule has 0 fully saturated rings. The molecule has 0 aliphatic heterocycles. The van der Waals surface area contributed by atoms with E-state index < -0.39 is 10.1 Å². The predicted octanol–water partition coefficient (Wildman–Crippen LogP) is 0.282. The van der Waals surface area contributed by atoms with Crippen molar-refractivity contribution < 1.29 is 40.6 Å². The molecule has 0 aliphatic rings. The Labute approximate surface area is 69.7 Å². The maximum absolute atomic E-state index is 9.79. The first-order valence-corrected chi connectivity index (χ1v) is 3.62. The van der Waals surface area contributed by atoms with Crippen molar-refractivity contribution in [3.05, 3.63) is 0 Å². The van der Waals surface area contributed by atoms with Crippen LogP contribution in [-0.4, -0.2) is 18.7 Å². The van der Waals surface area contributed by atoms with Gasteiger partial charge in [0.25, 0.3) is 10.1 Å². The largest absolute Gasteiger partial charge is 0.286 e. The summed E-state index contributed by atoms with van der Waals surface area (Å²) in [6.07, 6.45) is 0.471. The molecule has 1 N–H and O–H groups in total. The van der Waals surface area contributed by atoms with Crippen LogP contribution in [0.5, 0.6) is 0 Å². The molecule has 46 valence electrons. The van der Waals surface area contributed by atoms with Gasteiger partial charge in [0.05, 0.1) is 5.75 Å². The summed E-state index contributed by atoms with van der Waals surface area (Å²) in [5.74, 6) is -0.132. The van der Waals surface area contributed by atoms with Gasteiger partial charge in [0.1, 0.15) is 0 Å². The molecular weight excluding hydrogens is 317 g/mol. The van der Waals surface area contributed by atoms with E-state index in [0.29, 0.717) is 6.42 Å². The van der Waals surface area contributed by atoms with Crippen molar-refractivity contribution in [3.8, 4) is 0 Å². The molecule has 3 nitrogen and oxygen atoms in total. The van der Waals surface area contributed by atoms with Crippen LogP contribution in [0.15, 0.2) is 0 Å². The van der Waals surface area contributed by atoms with Crippen LogP contribution < -0.4 is 0 Å². The Morgan fingerprint density at radius 3 is 1.88 bits per heavy atom. The first-order valence-electron chi connectivity index (χ1n) is 2.01. The fourth-order valence-corrected chi connectivity index (χ4v) is 0.774. The van der Waals surface area contributed by atoms with Crippen molar-refractivity contribution in [1.82, 2.24) is 0 Å². The third-order valence-corrected chi connectivity index (χ3v) is 1.39. The molecule has 0 radical (unpaired) electrons. The standard InChI is InChI=1S/C3H8O3S.Hg/c1-2-3-7(4,5)6;/h2-3H2,1H3,(H,4,5,6);. The van der Waals surface area contributed by atoms with Gasteiger partial charge in [0.15, 0.2) is 0 Å². The van der Waals surface area contributed by atoms with Crippen molar-refractivity contribution in [2.45, 2.75) is 13.3 Å². The molecule has 0 aromatic rings. The average molecular weight is 325 g/mol. The van der Waals surface area contributed by atoms with E-state index in [1.807, 2.05) is 0 Å². The van der Waals surface area contributed by atoms with Gasteiger partial charge in [-0.15, -0.1) is 0 Å². The van der Waals surface area contributed by atoms with E-state index in [4.69, 9.17) is 4.55 Å². The van der Waals surface area contributed by atoms with Gasteiger partial charge in [0, 0.05) is 27.7 Å². The number of hydrogen-bond acceptors (Lipinski definition) is 2. The van der Waals surface area contributed by atoms with Crippen LogP contribution in [-0.2, 0) is 37.8 Å². The summed E-state index contributed by atoms with van der Waals surface area (Å²) in [4.78, 5) is 0. The molecule has 0 spiro atoms. The SMILES string of the molecule is CCCS(=O)(=O)O.[Hg]. The third kappa shape index (κ3) is 9.96. The average Bonchev–Trinajstić information content (AvgIpc) is 1.30. The smallest absolute Gasteiger partial charge is 0.264 e. The van der Waals surface area contributed by atoms with Crippen molar-refractivity contribution in [2.75, 3.05) is 5.75 Å². The summed E-state index contributed by atoms with van der Waals surface area (Å²) >= 11 is 0. The van der Waals surface area contributed by atoms with Crippen LogP contribution in [0.3, 0.4) is 0 Å². The van der Waals surface area contributed by atoms with E-state index >= 15 is 0 Å². The minimum atomic E-state index is -3.67. The Hall–Kier alpha value is 0.845. The molecule has 0 amide bonds. The van der Waals surface area contributed by atoms with Crippen molar-refractivity contribution in [1.29, 1.82) is 0 Å². The minimum Gasteiger partial charge on any atom is -0.286 e. The topological polar surface area (TPSA) is 54.4 Å². The molecule has 0 rings (SSSR count). The van der Waals surface area contributed by atoms with Gasteiger partial charge in [-0.05, 0) is 6.42 Å². The van der Waals surface area contributed by atoms with Crippen molar-refractivity contribution in [2.24, 2.45) is 0 Å². The summed E-state index contributed by atoms with van der Waals surface area (Å²) in [6, 6.07) is 0. The van der Waals surface area contributed by atoms with E-state index in [1.54, 1.807) is 6.92 Å². The molecule has 0 bridgehead atoms. The normalized spacial score (nSPS) is 10.2. The molecule has 5 heteroatoms. The van der Waals surface area contributed by atoms with Gasteiger partial charge in [0.2, 0.25) is 0 Å². The van der Waals surface area contributed by atoms with Gasteiger partial charge in [-0.1, -0.05) is 6.92 Å². The fourth-order valence-electron chi connectivity index (χ4n) is 0.258. The van der Waals surface area contributed by atoms with Crippen LogP contribution in [0.1, 0.15) is 13.3 Å². The summed E-state index contributed by atoms with van der Waals surface area (Å²) in [5.41, 5.74) is 0. The molecular formula is C3H8HgO3S. The Bertz CT molecular complexity index is 127. The molecule has 0 unspecified atom stereocenters. The monoisotopic (exact) mass is 326 g/mol.